The van der Waals surface area contributed by atoms with Crippen LogP contribution in [0.1, 0.15) is 20.8 Å². The molecule has 0 aliphatic rings. The molecule has 0 rings (SSSR count). The van der Waals surface area contributed by atoms with Gasteiger partial charge in [0, 0.05) is 0 Å². The normalized spacial score (nSPS) is 10.6. The van der Waals surface area contributed by atoms with Crippen LogP contribution in [0.4, 0.5) is 0 Å². The van der Waals surface area contributed by atoms with Crippen molar-refractivity contribution in [3.63, 3.8) is 0 Å². The summed E-state index contributed by atoms with van der Waals surface area (Å²) in [7, 11) is 0. The zero-order chi connectivity index (χ0) is 10.3. The van der Waals surface area contributed by atoms with Gasteiger partial charge in [-0.2, -0.15) is 10.7 Å². The zero-order valence-electron chi connectivity index (χ0n) is 8.18. The summed E-state index contributed by atoms with van der Waals surface area (Å²) in [5, 5.41) is 10.5. The highest BCUT2D eigenvalue weighted by atomic mass is 16.7. The first kappa shape index (κ1) is 11.9. The van der Waals surface area contributed by atoms with Gasteiger partial charge in [0.25, 0.3) is 0 Å². The van der Waals surface area contributed by atoms with Crippen molar-refractivity contribution >= 4 is 5.91 Å². The Bertz CT molecular complexity index is 202. The molecule has 0 unspecified atom stereocenters. The largest absolute Gasteiger partial charge is 0.342 e. The number of nitriles is 1. The van der Waals surface area contributed by atoms with Crippen LogP contribution in [-0.4, -0.2) is 24.6 Å². The second-order valence-corrected chi connectivity index (χ2v) is 3.47. The summed E-state index contributed by atoms with van der Waals surface area (Å²) in [5.41, 5.74) is 2.19. The van der Waals surface area contributed by atoms with Gasteiger partial charge in [0.05, 0.1) is 18.2 Å². The van der Waals surface area contributed by atoms with Crippen molar-refractivity contribution in [3.05, 3.63) is 0 Å². The monoisotopic (exact) mass is 185 g/mol. The molecule has 0 heterocycles. The maximum Gasteiger partial charge on any atom is 0.237 e. The van der Waals surface area contributed by atoms with Crippen molar-refractivity contribution < 1.29 is 9.63 Å². The van der Waals surface area contributed by atoms with Gasteiger partial charge in [0.2, 0.25) is 5.91 Å². The van der Waals surface area contributed by atoms with Crippen molar-refractivity contribution in [2.45, 2.75) is 26.4 Å². The minimum atomic E-state index is -0.324. The third kappa shape index (κ3) is 8.79. The first-order valence-corrected chi connectivity index (χ1v) is 4.00. The van der Waals surface area contributed by atoms with E-state index >= 15 is 0 Å². The van der Waals surface area contributed by atoms with Crippen LogP contribution >= 0.6 is 0 Å². The molecule has 5 heteroatoms. The van der Waals surface area contributed by atoms with Crippen molar-refractivity contribution in [3.8, 4) is 6.07 Å². The second kappa shape index (κ2) is 5.51. The van der Waals surface area contributed by atoms with Gasteiger partial charge in [-0.05, 0) is 20.8 Å². The molecule has 5 nitrogen and oxygen atoms in total. The molecule has 0 aliphatic heterocycles. The average molecular weight is 185 g/mol. The van der Waals surface area contributed by atoms with E-state index in [1.807, 2.05) is 20.8 Å². The van der Waals surface area contributed by atoms with E-state index < -0.39 is 0 Å². The molecule has 0 aromatic rings. The van der Waals surface area contributed by atoms with E-state index in [0.29, 0.717) is 0 Å². The summed E-state index contributed by atoms with van der Waals surface area (Å²) in [5.74, 6) is -0.259. The van der Waals surface area contributed by atoms with Crippen LogP contribution in [0, 0.1) is 11.3 Å². The van der Waals surface area contributed by atoms with Crippen LogP contribution in [0.5, 0.6) is 0 Å². The number of carbonyl (C=O) groups excluding carboxylic acids is 1. The van der Waals surface area contributed by atoms with Gasteiger partial charge in [-0.1, -0.05) is 0 Å². The molecule has 0 fully saturated rings. The fraction of sp³-hybridized carbons (Fsp3) is 0.750. The molecule has 0 aromatic heterocycles. The lowest BCUT2D eigenvalue weighted by atomic mass is 10.2. The van der Waals surface area contributed by atoms with Crippen LogP contribution in [0.3, 0.4) is 0 Å². The highest BCUT2D eigenvalue weighted by molar-refractivity contribution is 5.78. The molecular formula is C8H15N3O2. The molecule has 0 aromatic carbocycles. The van der Waals surface area contributed by atoms with E-state index in [1.165, 1.54) is 0 Å². The molecule has 0 saturated heterocycles. The lowest BCUT2D eigenvalue weighted by Gasteiger charge is -2.18. The second-order valence-electron chi connectivity index (χ2n) is 3.47. The van der Waals surface area contributed by atoms with Gasteiger partial charge >= 0.3 is 0 Å². The highest BCUT2D eigenvalue weighted by Gasteiger charge is 2.10. The summed E-state index contributed by atoms with van der Waals surface area (Å²) in [4.78, 5) is 16.0. The van der Waals surface area contributed by atoms with Gasteiger partial charge in [-0.3, -0.25) is 9.63 Å². The Morgan fingerprint density at radius 1 is 1.54 bits per heavy atom. The van der Waals surface area contributed by atoms with E-state index in [4.69, 9.17) is 10.1 Å². The van der Waals surface area contributed by atoms with Crippen LogP contribution in [0.15, 0.2) is 0 Å². The van der Waals surface area contributed by atoms with Gasteiger partial charge in [-0.15, -0.1) is 0 Å². The molecule has 74 valence electrons. The van der Waals surface area contributed by atoms with Crippen molar-refractivity contribution in [2.75, 3.05) is 13.1 Å². The molecule has 1 amide bonds. The maximum atomic E-state index is 10.9. The predicted octanol–water partition coefficient (Wildman–Crippen LogP) is -0.0541. The summed E-state index contributed by atoms with van der Waals surface area (Å²) in [6.07, 6.45) is 0. The highest BCUT2D eigenvalue weighted by Crippen LogP contribution is 2.02. The first-order chi connectivity index (χ1) is 5.95. The minimum absolute atomic E-state index is 0.0238. The maximum absolute atomic E-state index is 10.9. The SMILES string of the molecule is CC(C)(C)ONCC(=O)NCC#N. The van der Waals surface area contributed by atoms with E-state index in [0.717, 1.165) is 0 Å². The Kier molecular flexibility index (Phi) is 5.04. The fourth-order valence-electron chi connectivity index (χ4n) is 0.519. The smallest absolute Gasteiger partial charge is 0.237 e. The number of hydrogen-bond donors (Lipinski definition) is 2. The number of carbonyl (C=O) groups is 1. The number of rotatable bonds is 4. The summed E-state index contributed by atoms with van der Waals surface area (Å²) in [6.45, 7) is 5.68. The van der Waals surface area contributed by atoms with Crippen molar-refractivity contribution in [2.24, 2.45) is 0 Å². The van der Waals surface area contributed by atoms with E-state index in [2.05, 4.69) is 10.8 Å². The molecule has 0 radical (unpaired) electrons. The molecule has 0 aliphatic carbocycles. The number of hydrogen-bond acceptors (Lipinski definition) is 4. The third-order valence-corrected chi connectivity index (χ3v) is 0.976. The van der Waals surface area contributed by atoms with E-state index in [-0.39, 0.29) is 24.6 Å². The third-order valence-electron chi connectivity index (χ3n) is 0.976. The van der Waals surface area contributed by atoms with Crippen LogP contribution in [0.25, 0.3) is 0 Å². The van der Waals surface area contributed by atoms with E-state index in [9.17, 15) is 4.79 Å². The Balaban J connectivity index is 3.44. The van der Waals surface area contributed by atoms with Gasteiger partial charge in [-0.25, -0.2) is 0 Å². The Morgan fingerprint density at radius 2 is 2.15 bits per heavy atom. The Labute approximate surface area is 78.0 Å². The van der Waals surface area contributed by atoms with Crippen LogP contribution < -0.4 is 10.8 Å². The Hall–Kier alpha value is -1.12. The van der Waals surface area contributed by atoms with Gasteiger partial charge < -0.3 is 5.32 Å². The molecule has 0 saturated carbocycles. The quantitative estimate of drug-likeness (QED) is 0.475. The van der Waals surface area contributed by atoms with Gasteiger partial charge in [0.1, 0.15) is 6.54 Å². The minimum Gasteiger partial charge on any atom is -0.342 e. The topological polar surface area (TPSA) is 74.2 Å². The number of hydroxylamine groups is 1. The molecule has 13 heavy (non-hydrogen) atoms. The number of nitrogens with zero attached hydrogens (tertiary/aromatic N) is 1. The summed E-state index contributed by atoms with van der Waals surface area (Å²) in [6, 6.07) is 1.80. The summed E-state index contributed by atoms with van der Waals surface area (Å²) < 4.78 is 0. The lowest BCUT2D eigenvalue weighted by Crippen LogP contribution is -2.37. The fourth-order valence-corrected chi connectivity index (χ4v) is 0.519. The molecule has 0 spiro atoms. The van der Waals surface area contributed by atoms with Crippen LogP contribution in [0.2, 0.25) is 0 Å². The van der Waals surface area contributed by atoms with E-state index in [1.54, 1.807) is 6.07 Å². The van der Waals surface area contributed by atoms with Crippen molar-refractivity contribution in [1.29, 1.82) is 5.26 Å². The number of amides is 1. The molecule has 0 atom stereocenters. The standard InChI is InChI=1S/C8H15N3O2/c1-8(2,3)13-11-6-7(12)10-5-4-9/h11H,5-6H2,1-3H3,(H,10,12). The number of nitrogens with one attached hydrogen (secondary N) is 2. The molecule has 0 bridgehead atoms. The zero-order valence-corrected chi connectivity index (χ0v) is 8.18. The molecular weight excluding hydrogens is 170 g/mol. The molecule has 2 N–H and O–H groups in total. The van der Waals surface area contributed by atoms with Crippen LogP contribution in [-0.2, 0) is 9.63 Å². The summed E-state index contributed by atoms with van der Waals surface area (Å²) >= 11 is 0. The predicted molar refractivity (Wildman–Crippen MR) is 47.5 cm³/mol. The average Bonchev–Trinajstić information content (AvgIpc) is 1.98. The first-order valence-electron chi connectivity index (χ1n) is 4.00. The lowest BCUT2D eigenvalue weighted by molar-refractivity contribution is -0.126. The van der Waals surface area contributed by atoms with Crippen molar-refractivity contribution in [1.82, 2.24) is 10.8 Å². The Morgan fingerprint density at radius 3 is 2.62 bits per heavy atom. The van der Waals surface area contributed by atoms with Gasteiger partial charge in [0.15, 0.2) is 0 Å².